The molecule has 0 fully saturated rings. The SMILES string of the molecule is CC(C)(C)C(C)(C)O.CSc1cc(C)ccc1C(=O)c1ccc(F)cc1Cl. The summed E-state index contributed by atoms with van der Waals surface area (Å²) in [6, 6.07) is 9.43. The molecule has 0 unspecified atom stereocenters. The molecule has 27 heavy (non-hydrogen) atoms. The molecule has 0 amide bonds. The number of hydrogen-bond acceptors (Lipinski definition) is 3. The first-order valence-corrected chi connectivity index (χ1v) is 10.2. The quantitative estimate of drug-likeness (QED) is 0.460. The molecule has 0 saturated carbocycles. The van der Waals surface area contributed by atoms with Crippen molar-refractivity contribution in [3.63, 3.8) is 0 Å². The molecule has 2 aromatic carbocycles. The van der Waals surface area contributed by atoms with E-state index in [1.165, 1.54) is 23.9 Å². The molecule has 0 atom stereocenters. The van der Waals surface area contributed by atoms with Crippen LogP contribution in [0.2, 0.25) is 5.02 Å². The van der Waals surface area contributed by atoms with E-state index in [2.05, 4.69) is 0 Å². The summed E-state index contributed by atoms with van der Waals surface area (Å²) in [4.78, 5) is 13.3. The van der Waals surface area contributed by atoms with E-state index in [-0.39, 0.29) is 16.2 Å². The highest BCUT2D eigenvalue weighted by molar-refractivity contribution is 7.98. The van der Waals surface area contributed by atoms with Crippen molar-refractivity contribution in [2.24, 2.45) is 5.41 Å². The number of aryl methyl sites for hydroxylation is 1. The zero-order valence-electron chi connectivity index (χ0n) is 17.0. The highest BCUT2D eigenvalue weighted by Gasteiger charge is 2.29. The van der Waals surface area contributed by atoms with Crippen LogP contribution in [-0.4, -0.2) is 22.7 Å². The van der Waals surface area contributed by atoms with Gasteiger partial charge in [0.25, 0.3) is 0 Å². The summed E-state index contributed by atoms with van der Waals surface area (Å²) in [6.07, 6.45) is 1.91. The molecule has 0 saturated heterocycles. The van der Waals surface area contributed by atoms with Crippen LogP contribution < -0.4 is 0 Å². The smallest absolute Gasteiger partial charge is 0.195 e. The van der Waals surface area contributed by atoms with Crippen LogP contribution in [0.25, 0.3) is 0 Å². The van der Waals surface area contributed by atoms with E-state index in [1.807, 2.05) is 59.9 Å². The van der Waals surface area contributed by atoms with Crippen molar-refractivity contribution in [1.82, 2.24) is 0 Å². The van der Waals surface area contributed by atoms with Crippen LogP contribution in [0.5, 0.6) is 0 Å². The number of hydrogen-bond donors (Lipinski definition) is 1. The van der Waals surface area contributed by atoms with Gasteiger partial charge < -0.3 is 5.11 Å². The van der Waals surface area contributed by atoms with Crippen LogP contribution in [0.1, 0.15) is 56.1 Å². The van der Waals surface area contributed by atoms with Gasteiger partial charge in [-0.1, -0.05) is 38.4 Å². The highest BCUT2D eigenvalue weighted by Crippen LogP contribution is 2.29. The van der Waals surface area contributed by atoms with Gasteiger partial charge in [0.15, 0.2) is 5.78 Å². The molecule has 2 rings (SSSR count). The summed E-state index contributed by atoms with van der Waals surface area (Å²) < 4.78 is 13.0. The van der Waals surface area contributed by atoms with E-state index in [0.29, 0.717) is 11.1 Å². The minimum atomic E-state index is -0.562. The van der Waals surface area contributed by atoms with Gasteiger partial charge in [0, 0.05) is 16.0 Å². The fourth-order valence-corrected chi connectivity index (χ4v) is 2.74. The monoisotopic (exact) mass is 410 g/mol. The van der Waals surface area contributed by atoms with E-state index >= 15 is 0 Å². The van der Waals surface area contributed by atoms with Crippen molar-refractivity contribution >= 4 is 29.1 Å². The Morgan fingerprint density at radius 1 is 1.04 bits per heavy atom. The molecule has 0 spiro atoms. The molecule has 0 heterocycles. The third-order valence-electron chi connectivity index (χ3n) is 4.61. The van der Waals surface area contributed by atoms with Gasteiger partial charge in [0.1, 0.15) is 5.82 Å². The maximum Gasteiger partial charge on any atom is 0.195 e. The second-order valence-corrected chi connectivity index (χ2v) is 9.22. The molecule has 0 aromatic heterocycles. The highest BCUT2D eigenvalue weighted by atomic mass is 35.5. The fraction of sp³-hybridized carbons (Fsp3) is 0.409. The normalized spacial score (nSPS) is 11.6. The number of carbonyl (C=O) groups is 1. The Kier molecular flexibility index (Phi) is 8.09. The minimum Gasteiger partial charge on any atom is -0.390 e. The van der Waals surface area contributed by atoms with Gasteiger partial charge in [-0.2, -0.15) is 0 Å². The van der Waals surface area contributed by atoms with Gasteiger partial charge in [-0.3, -0.25) is 4.79 Å². The molecule has 0 bridgehead atoms. The summed E-state index contributed by atoms with van der Waals surface area (Å²) >= 11 is 7.44. The first-order valence-electron chi connectivity index (χ1n) is 8.64. The van der Waals surface area contributed by atoms with Crippen molar-refractivity contribution in [2.75, 3.05) is 6.26 Å². The Morgan fingerprint density at radius 3 is 2.00 bits per heavy atom. The van der Waals surface area contributed by atoms with Gasteiger partial charge in [-0.05, 0) is 68.3 Å². The Morgan fingerprint density at radius 2 is 1.56 bits per heavy atom. The summed E-state index contributed by atoms with van der Waals surface area (Å²) in [7, 11) is 0. The summed E-state index contributed by atoms with van der Waals surface area (Å²) in [5.41, 5.74) is 1.43. The lowest BCUT2D eigenvalue weighted by atomic mass is 9.79. The summed E-state index contributed by atoms with van der Waals surface area (Å²) in [5.74, 6) is -0.634. The largest absolute Gasteiger partial charge is 0.390 e. The number of aliphatic hydroxyl groups is 1. The number of ketones is 1. The molecular weight excluding hydrogens is 383 g/mol. The molecule has 0 radical (unpaired) electrons. The third-order valence-corrected chi connectivity index (χ3v) is 5.70. The van der Waals surface area contributed by atoms with Gasteiger partial charge in [0.05, 0.1) is 10.6 Å². The van der Waals surface area contributed by atoms with E-state index in [1.54, 1.807) is 6.07 Å². The lowest BCUT2D eigenvalue weighted by Gasteiger charge is -2.33. The number of carbonyl (C=O) groups excluding carboxylic acids is 1. The van der Waals surface area contributed by atoms with Crippen LogP contribution in [0.15, 0.2) is 41.3 Å². The van der Waals surface area contributed by atoms with E-state index < -0.39 is 11.4 Å². The van der Waals surface area contributed by atoms with Gasteiger partial charge in [0.2, 0.25) is 0 Å². The zero-order chi connectivity index (χ0) is 21.0. The van der Waals surface area contributed by atoms with Crippen molar-refractivity contribution in [2.45, 2.75) is 52.0 Å². The Bertz CT molecular complexity index is 793. The molecule has 2 aromatic rings. The van der Waals surface area contributed by atoms with Crippen LogP contribution in [-0.2, 0) is 0 Å². The second-order valence-electron chi connectivity index (χ2n) is 7.97. The number of benzene rings is 2. The molecule has 0 aliphatic heterocycles. The van der Waals surface area contributed by atoms with Crippen molar-refractivity contribution in [1.29, 1.82) is 0 Å². The Labute approximate surface area is 171 Å². The standard InChI is InChI=1S/C15H12ClFOS.C7H16O/c1-9-3-5-12(14(7-9)19-2)15(18)11-6-4-10(17)8-13(11)16;1-6(2,3)7(4,5)8/h3-8H,1-2H3;8H,1-5H3. The van der Waals surface area contributed by atoms with Gasteiger partial charge in [-0.15, -0.1) is 11.8 Å². The number of thioether (sulfide) groups is 1. The van der Waals surface area contributed by atoms with Crippen LogP contribution in [0.3, 0.4) is 0 Å². The Hall–Kier alpha value is -1.36. The van der Waals surface area contributed by atoms with Crippen molar-refractivity contribution in [3.05, 3.63) is 63.9 Å². The van der Waals surface area contributed by atoms with Crippen LogP contribution >= 0.6 is 23.4 Å². The van der Waals surface area contributed by atoms with Crippen LogP contribution in [0, 0.1) is 18.2 Å². The molecule has 2 nitrogen and oxygen atoms in total. The first-order chi connectivity index (χ1) is 12.3. The topological polar surface area (TPSA) is 37.3 Å². The summed E-state index contributed by atoms with van der Waals surface area (Å²) in [5, 5.41) is 9.49. The predicted octanol–water partition coefficient (Wildman–Crippen LogP) is 6.54. The third kappa shape index (κ3) is 6.63. The molecule has 0 aliphatic rings. The van der Waals surface area contributed by atoms with Crippen LogP contribution in [0.4, 0.5) is 4.39 Å². The van der Waals surface area contributed by atoms with E-state index in [4.69, 9.17) is 11.6 Å². The number of rotatable bonds is 3. The van der Waals surface area contributed by atoms with E-state index in [0.717, 1.165) is 16.5 Å². The molecule has 0 aliphatic carbocycles. The second kappa shape index (κ2) is 9.22. The predicted molar refractivity (Wildman–Crippen MR) is 114 cm³/mol. The minimum absolute atomic E-state index is 0.00694. The van der Waals surface area contributed by atoms with Crippen molar-refractivity contribution < 1.29 is 14.3 Å². The molecule has 5 heteroatoms. The van der Waals surface area contributed by atoms with Crippen molar-refractivity contribution in [3.8, 4) is 0 Å². The zero-order valence-corrected chi connectivity index (χ0v) is 18.6. The van der Waals surface area contributed by atoms with Gasteiger partial charge >= 0.3 is 0 Å². The maximum atomic E-state index is 13.0. The molecule has 148 valence electrons. The fourth-order valence-electron chi connectivity index (χ4n) is 1.80. The average Bonchev–Trinajstić information content (AvgIpc) is 2.52. The molecular formula is C22H28ClFO2S. The maximum absolute atomic E-state index is 13.0. The molecule has 1 N–H and O–H groups in total. The lowest BCUT2D eigenvalue weighted by molar-refractivity contribution is -0.0238. The van der Waals surface area contributed by atoms with Gasteiger partial charge in [-0.25, -0.2) is 4.39 Å². The van der Waals surface area contributed by atoms with E-state index in [9.17, 15) is 14.3 Å². The first kappa shape index (κ1) is 23.7. The number of halogens is 2. The summed E-state index contributed by atoms with van der Waals surface area (Å²) in [6.45, 7) is 11.7. The Balaban J connectivity index is 0.000000387. The lowest BCUT2D eigenvalue weighted by Crippen LogP contribution is -2.35. The average molecular weight is 411 g/mol.